The fourth-order valence-corrected chi connectivity index (χ4v) is 2.59. The summed E-state index contributed by atoms with van der Waals surface area (Å²) >= 11 is 0. The van der Waals surface area contributed by atoms with Crippen LogP contribution in [-0.4, -0.2) is 13.1 Å². The molecule has 1 nitrogen and oxygen atoms in total. The summed E-state index contributed by atoms with van der Waals surface area (Å²) < 4.78 is 0. The molecule has 0 aromatic heterocycles. The Hall–Kier alpha value is -0.820. The maximum Gasteiger partial charge on any atom is -0.00438 e. The van der Waals surface area contributed by atoms with Crippen LogP contribution in [0.1, 0.15) is 70.9 Å². The van der Waals surface area contributed by atoms with Gasteiger partial charge in [0.1, 0.15) is 0 Å². The fourth-order valence-electron chi connectivity index (χ4n) is 2.59. The molecule has 0 amide bonds. The van der Waals surface area contributed by atoms with Crippen LogP contribution in [0.2, 0.25) is 0 Å². The van der Waals surface area contributed by atoms with E-state index in [1.165, 1.54) is 56.1 Å². The van der Waals surface area contributed by atoms with Gasteiger partial charge in [-0.15, -0.1) is 0 Å². The van der Waals surface area contributed by atoms with Gasteiger partial charge in [0.2, 0.25) is 0 Å². The molecule has 0 spiro atoms. The van der Waals surface area contributed by atoms with Crippen LogP contribution in [-0.2, 0) is 12.8 Å². The Kier molecular flexibility index (Phi) is 8.68. The zero-order valence-electron chi connectivity index (χ0n) is 14.7. The third kappa shape index (κ3) is 8.26. The molecule has 1 N–H and O–H groups in total. The Morgan fingerprint density at radius 2 is 1.43 bits per heavy atom. The summed E-state index contributed by atoms with van der Waals surface area (Å²) in [6.07, 6.45) is 8.78. The highest BCUT2D eigenvalue weighted by Crippen LogP contribution is 2.26. The highest BCUT2D eigenvalue weighted by molar-refractivity contribution is 5.22. The van der Waals surface area contributed by atoms with E-state index in [4.69, 9.17) is 0 Å². The lowest BCUT2D eigenvalue weighted by Crippen LogP contribution is -2.23. The minimum atomic E-state index is 0.432. The monoisotopic (exact) mass is 289 g/mol. The summed E-state index contributed by atoms with van der Waals surface area (Å²) in [7, 11) is 0. The van der Waals surface area contributed by atoms with Gasteiger partial charge >= 0.3 is 0 Å². The van der Waals surface area contributed by atoms with Gasteiger partial charge in [0.25, 0.3) is 0 Å². The van der Waals surface area contributed by atoms with Crippen molar-refractivity contribution >= 4 is 0 Å². The van der Waals surface area contributed by atoms with Crippen LogP contribution in [0, 0.1) is 5.41 Å². The number of hydrogen-bond acceptors (Lipinski definition) is 1. The molecular formula is C20H35N. The van der Waals surface area contributed by atoms with Crippen molar-refractivity contribution in [2.45, 2.75) is 72.6 Å². The molecule has 0 unspecified atom stereocenters. The molecule has 0 bridgehead atoms. The SMILES string of the molecule is CCCCc1ccc(CCC(C)(C)CCNCCC)cc1. The molecule has 1 aromatic carbocycles. The quantitative estimate of drug-likeness (QED) is 0.539. The first-order chi connectivity index (χ1) is 10.1. The van der Waals surface area contributed by atoms with Crippen LogP contribution in [0.15, 0.2) is 24.3 Å². The van der Waals surface area contributed by atoms with E-state index in [-0.39, 0.29) is 0 Å². The lowest BCUT2D eigenvalue weighted by Gasteiger charge is -2.25. The van der Waals surface area contributed by atoms with Gasteiger partial charge in [-0.3, -0.25) is 0 Å². The Morgan fingerprint density at radius 1 is 0.810 bits per heavy atom. The lowest BCUT2D eigenvalue weighted by molar-refractivity contribution is 0.302. The molecule has 21 heavy (non-hydrogen) atoms. The van der Waals surface area contributed by atoms with Crippen LogP contribution in [0.5, 0.6) is 0 Å². The number of rotatable bonds is 11. The van der Waals surface area contributed by atoms with E-state index >= 15 is 0 Å². The standard InChI is InChI=1S/C20H35N/c1-5-7-8-18-9-11-19(12-10-18)13-14-20(3,4)15-17-21-16-6-2/h9-12,21H,5-8,13-17H2,1-4H3. The van der Waals surface area contributed by atoms with Crippen molar-refractivity contribution in [1.82, 2.24) is 5.32 Å². The van der Waals surface area contributed by atoms with Gasteiger partial charge in [-0.05, 0) is 68.2 Å². The van der Waals surface area contributed by atoms with E-state index in [1.807, 2.05) is 0 Å². The van der Waals surface area contributed by atoms with E-state index in [1.54, 1.807) is 0 Å². The molecule has 0 heterocycles. The summed E-state index contributed by atoms with van der Waals surface area (Å²) in [4.78, 5) is 0. The average Bonchev–Trinajstić information content (AvgIpc) is 2.49. The largest absolute Gasteiger partial charge is 0.317 e. The Bertz CT molecular complexity index is 364. The first kappa shape index (κ1) is 18.2. The second-order valence-electron chi connectivity index (χ2n) is 7.08. The van der Waals surface area contributed by atoms with Gasteiger partial charge in [-0.2, -0.15) is 0 Å². The number of nitrogens with one attached hydrogen (secondary N) is 1. The number of aryl methyl sites for hydroxylation is 2. The molecule has 0 saturated carbocycles. The zero-order valence-corrected chi connectivity index (χ0v) is 14.7. The topological polar surface area (TPSA) is 12.0 Å². The van der Waals surface area contributed by atoms with Crippen molar-refractivity contribution in [1.29, 1.82) is 0 Å². The molecule has 1 aromatic rings. The molecule has 0 fully saturated rings. The third-order valence-corrected chi connectivity index (χ3v) is 4.34. The number of hydrogen-bond donors (Lipinski definition) is 1. The highest BCUT2D eigenvalue weighted by atomic mass is 14.8. The van der Waals surface area contributed by atoms with Crippen molar-refractivity contribution in [3.8, 4) is 0 Å². The predicted molar refractivity (Wildman–Crippen MR) is 94.9 cm³/mol. The first-order valence-electron chi connectivity index (χ1n) is 8.86. The van der Waals surface area contributed by atoms with E-state index in [9.17, 15) is 0 Å². The molecule has 0 saturated heterocycles. The summed E-state index contributed by atoms with van der Waals surface area (Å²) in [5.41, 5.74) is 3.41. The third-order valence-electron chi connectivity index (χ3n) is 4.34. The summed E-state index contributed by atoms with van der Waals surface area (Å²) in [5, 5.41) is 3.52. The highest BCUT2D eigenvalue weighted by Gasteiger charge is 2.16. The van der Waals surface area contributed by atoms with Crippen molar-refractivity contribution in [3.05, 3.63) is 35.4 Å². The summed E-state index contributed by atoms with van der Waals surface area (Å²) in [6, 6.07) is 9.30. The van der Waals surface area contributed by atoms with Crippen LogP contribution in [0.3, 0.4) is 0 Å². The van der Waals surface area contributed by atoms with Crippen molar-refractivity contribution < 1.29 is 0 Å². The van der Waals surface area contributed by atoms with E-state index in [2.05, 4.69) is 57.3 Å². The fraction of sp³-hybridized carbons (Fsp3) is 0.700. The molecule has 0 radical (unpaired) electrons. The van der Waals surface area contributed by atoms with Gasteiger partial charge in [0, 0.05) is 0 Å². The predicted octanol–water partition coefficient (Wildman–Crippen LogP) is 5.38. The van der Waals surface area contributed by atoms with Gasteiger partial charge in [0.15, 0.2) is 0 Å². The van der Waals surface area contributed by atoms with Crippen molar-refractivity contribution in [2.75, 3.05) is 13.1 Å². The molecule has 0 atom stereocenters. The lowest BCUT2D eigenvalue weighted by atomic mass is 9.83. The molecule has 1 heteroatoms. The molecule has 0 aliphatic rings. The summed E-state index contributed by atoms with van der Waals surface area (Å²) in [6.45, 7) is 11.6. The van der Waals surface area contributed by atoms with E-state index < -0.39 is 0 Å². The van der Waals surface area contributed by atoms with Gasteiger partial charge in [-0.25, -0.2) is 0 Å². The first-order valence-corrected chi connectivity index (χ1v) is 8.86. The zero-order chi connectivity index (χ0) is 15.6. The Morgan fingerprint density at radius 3 is 2.00 bits per heavy atom. The normalized spacial score (nSPS) is 11.8. The minimum Gasteiger partial charge on any atom is -0.317 e. The molecule has 0 aliphatic heterocycles. The second-order valence-corrected chi connectivity index (χ2v) is 7.08. The van der Waals surface area contributed by atoms with Crippen LogP contribution < -0.4 is 5.32 Å². The Labute approximate surface area is 132 Å². The minimum absolute atomic E-state index is 0.432. The average molecular weight is 290 g/mol. The van der Waals surface area contributed by atoms with Crippen LogP contribution in [0.25, 0.3) is 0 Å². The second kappa shape index (κ2) is 10.00. The van der Waals surface area contributed by atoms with E-state index in [0.29, 0.717) is 5.41 Å². The van der Waals surface area contributed by atoms with Gasteiger partial charge < -0.3 is 5.32 Å². The van der Waals surface area contributed by atoms with Crippen LogP contribution >= 0.6 is 0 Å². The smallest absolute Gasteiger partial charge is 0.00438 e. The summed E-state index contributed by atoms with van der Waals surface area (Å²) in [5.74, 6) is 0. The Balaban J connectivity index is 2.32. The number of unbranched alkanes of at least 4 members (excludes halogenated alkanes) is 1. The molecule has 120 valence electrons. The van der Waals surface area contributed by atoms with Crippen molar-refractivity contribution in [2.24, 2.45) is 5.41 Å². The number of benzene rings is 1. The van der Waals surface area contributed by atoms with Gasteiger partial charge in [-0.1, -0.05) is 58.4 Å². The molecular weight excluding hydrogens is 254 g/mol. The van der Waals surface area contributed by atoms with Crippen LogP contribution in [0.4, 0.5) is 0 Å². The maximum absolute atomic E-state index is 3.52. The molecule has 0 aliphatic carbocycles. The van der Waals surface area contributed by atoms with Crippen molar-refractivity contribution in [3.63, 3.8) is 0 Å². The maximum atomic E-state index is 3.52. The molecule has 1 rings (SSSR count). The van der Waals surface area contributed by atoms with E-state index in [0.717, 1.165) is 13.1 Å². The van der Waals surface area contributed by atoms with Gasteiger partial charge in [0.05, 0.1) is 0 Å².